The molecule has 1 aromatic carbocycles. The Kier molecular flexibility index (Phi) is 6.12. The Morgan fingerprint density at radius 2 is 1.95 bits per heavy atom. The van der Waals surface area contributed by atoms with Gasteiger partial charge in [0.1, 0.15) is 0 Å². The van der Waals surface area contributed by atoms with Crippen molar-refractivity contribution < 1.29 is 0 Å². The van der Waals surface area contributed by atoms with E-state index in [4.69, 9.17) is 23.2 Å². The summed E-state index contributed by atoms with van der Waals surface area (Å²) in [5, 5.41) is 7.30. The molecule has 0 spiro atoms. The van der Waals surface area contributed by atoms with E-state index in [2.05, 4.69) is 43.6 Å². The molecule has 1 heterocycles. The zero-order valence-electron chi connectivity index (χ0n) is 12.6. The summed E-state index contributed by atoms with van der Waals surface area (Å²) < 4.78 is 0. The van der Waals surface area contributed by atoms with E-state index >= 15 is 0 Å². The zero-order chi connectivity index (χ0) is 15.4. The van der Waals surface area contributed by atoms with Crippen LogP contribution in [0, 0.1) is 5.92 Å². The first kappa shape index (κ1) is 16.8. The molecule has 0 fully saturated rings. The van der Waals surface area contributed by atoms with Crippen molar-refractivity contribution in [2.45, 2.75) is 39.3 Å². The summed E-state index contributed by atoms with van der Waals surface area (Å²) in [5.41, 5.74) is 1.12. The number of benzene rings is 1. The van der Waals surface area contributed by atoms with Gasteiger partial charge in [-0.1, -0.05) is 56.1 Å². The Morgan fingerprint density at radius 1 is 1.19 bits per heavy atom. The summed E-state index contributed by atoms with van der Waals surface area (Å²) in [7, 11) is 0. The van der Waals surface area contributed by atoms with Crippen LogP contribution in [-0.4, -0.2) is 0 Å². The molecule has 0 aliphatic rings. The predicted molar refractivity (Wildman–Crippen MR) is 94.5 cm³/mol. The second-order valence-electron chi connectivity index (χ2n) is 5.53. The van der Waals surface area contributed by atoms with Crippen LogP contribution in [0.1, 0.15) is 49.7 Å². The van der Waals surface area contributed by atoms with Crippen LogP contribution in [0.25, 0.3) is 0 Å². The molecule has 114 valence electrons. The van der Waals surface area contributed by atoms with Crippen LogP contribution in [0.15, 0.2) is 35.7 Å². The summed E-state index contributed by atoms with van der Waals surface area (Å²) in [6.45, 7) is 6.66. The van der Waals surface area contributed by atoms with Crippen molar-refractivity contribution in [3.8, 4) is 0 Å². The second kappa shape index (κ2) is 7.64. The van der Waals surface area contributed by atoms with Gasteiger partial charge in [0, 0.05) is 27.0 Å². The molecule has 1 nitrogen and oxygen atoms in total. The molecular weight excluding hydrogens is 321 g/mol. The Balaban J connectivity index is 2.24. The summed E-state index contributed by atoms with van der Waals surface area (Å²) in [4.78, 5) is 1.37. The van der Waals surface area contributed by atoms with Gasteiger partial charge in [-0.3, -0.25) is 0 Å². The molecule has 0 aliphatic heterocycles. The lowest BCUT2D eigenvalue weighted by Gasteiger charge is -2.28. The van der Waals surface area contributed by atoms with E-state index in [1.807, 2.05) is 18.2 Å². The Hall–Kier alpha value is -0.540. The molecule has 0 aliphatic carbocycles. The number of hydrogen-bond acceptors (Lipinski definition) is 2. The number of nitrogens with one attached hydrogen (secondary N) is 1. The molecule has 4 heteroatoms. The molecule has 2 rings (SSSR count). The van der Waals surface area contributed by atoms with Gasteiger partial charge >= 0.3 is 0 Å². The molecule has 2 aromatic rings. The van der Waals surface area contributed by atoms with E-state index < -0.39 is 0 Å². The summed E-state index contributed by atoms with van der Waals surface area (Å²) >= 11 is 14.2. The minimum atomic E-state index is 0.226. The SMILES string of the molecule is CCC(NC(c1cccs1)C(C)C)c1ccc(Cl)cc1Cl. The average Bonchev–Trinajstić information content (AvgIpc) is 2.94. The van der Waals surface area contributed by atoms with Crippen molar-refractivity contribution in [2.75, 3.05) is 0 Å². The zero-order valence-corrected chi connectivity index (χ0v) is 14.9. The minimum absolute atomic E-state index is 0.226. The molecule has 1 aromatic heterocycles. The minimum Gasteiger partial charge on any atom is -0.302 e. The maximum Gasteiger partial charge on any atom is 0.0468 e. The standard InChI is InChI=1S/C17H21Cl2NS/c1-4-15(13-8-7-12(18)10-14(13)19)20-17(11(2)3)16-6-5-9-21-16/h5-11,15,17,20H,4H2,1-3H3. The van der Waals surface area contributed by atoms with Crippen molar-refractivity contribution in [3.05, 3.63) is 56.2 Å². The predicted octanol–water partition coefficient (Wildman–Crippen LogP) is 6.49. The first-order chi connectivity index (χ1) is 10.0. The molecular formula is C17H21Cl2NS. The van der Waals surface area contributed by atoms with Crippen molar-refractivity contribution in [1.82, 2.24) is 5.32 Å². The number of hydrogen-bond donors (Lipinski definition) is 1. The van der Waals surface area contributed by atoms with E-state index in [-0.39, 0.29) is 6.04 Å². The number of rotatable bonds is 6. The number of thiophene rings is 1. The number of halogens is 2. The van der Waals surface area contributed by atoms with Gasteiger partial charge in [0.05, 0.1) is 0 Å². The third-order valence-corrected chi connectivity index (χ3v) is 5.16. The van der Waals surface area contributed by atoms with Crippen LogP contribution in [0.2, 0.25) is 10.0 Å². The van der Waals surface area contributed by atoms with Crippen LogP contribution in [0.4, 0.5) is 0 Å². The summed E-state index contributed by atoms with van der Waals surface area (Å²) in [5.74, 6) is 0.517. The average molecular weight is 342 g/mol. The highest BCUT2D eigenvalue weighted by atomic mass is 35.5. The molecule has 0 saturated carbocycles. The van der Waals surface area contributed by atoms with Gasteiger partial charge in [-0.15, -0.1) is 11.3 Å². The lowest BCUT2D eigenvalue weighted by atomic mass is 9.98. The van der Waals surface area contributed by atoms with E-state index in [0.29, 0.717) is 17.0 Å². The van der Waals surface area contributed by atoms with E-state index in [9.17, 15) is 0 Å². The topological polar surface area (TPSA) is 12.0 Å². The first-order valence-corrected chi connectivity index (χ1v) is 8.90. The largest absolute Gasteiger partial charge is 0.302 e. The molecule has 0 bridgehead atoms. The van der Waals surface area contributed by atoms with E-state index in [0.717, 1.165) is 17.0 Å². The highest BCUT2D eigenvalue weighted by molar-refractivity contribution is 7.10. The molecule has 2 atom stereocenters. The monoisotopic (exact) mass is 341 g/mol. The molecule has 0 amide bonds. The highest BCUT2D eigenvalue weighted by Gasteiger charge is 2.22. The maximum atomic E-state index is 6.37. The van der Waals surface area contributed by atoms with Crippen molar-refractivity contribution >= 4 is 34.5 Å². The summed E-state index contributed by atoms with van der Waals surface area (Å²) in [6, 6.07) is 10.6. The second-order valence-corrected chi connectivity index (χ2v) is 7.35. The molecule has 0 saturated heterocycles. The Bertz CT molecular complexity index is 566. The highest BCUT2D eigenvalue weighted by Crippen LogP contribution is 2.33. The lowest BCUT2D eigenvalue weighted by Crippen LogP contribution is -2.29. The fourth-order valence-corrected chi connectivity index (χ4v) is 4.00. The molecule has 1 N–H and O–H groups in total. The fraction of sp³-hybridized carbons (Fsp3) is 0.412. The smallest absolute Gasteiger partial charge is 0.0468 e. The van der Waals surface area contributed by atoms with Crippen molar-refractivity contribution in [2.24, 2.45) is 5.92 Å². The van der Waals surface area contributed by atoms with Crippen molar-refractivity contribution in [1.29, 1.82) is 0 Å². The third-order valence-electron chi connectivity index (χ3n) is 3.64. The normalized spacial score (nSPS) is 14.4. The van der Waals surface area contributed by atoms with Gasteiger partial charge in [-0.25, -0.2) is 0 Å². The van der Waals surface area contributed by atoms with Crippen LogP contribution in [-0.2, 0) is 0 Å². The van der Waals surface area contributed by atoms with Gasteiger partial charge in [0.25, 0.3) is 0 Å². The lowest BCUT2D eigenvalue weighted by molar-refractivity contribution is 0.361. The van der Waals surface area contributed by atoms with Gasteiger partial charge < -0.3 is 5.32 Å². The fourth-order valence-electron chi connectivity index (χ4n) is 2.50. The van der Waals surface area contributed by atoms with Gasteiger partial charge in [0.15, 0.2) is 0 Å². The van der Waals surface area contributed by atoms with E-state index in [1.165, 1.54) is 4.88 Å². The van der Waals surface area contributed by atoms with Crippen LogP contribution < -0.4 is 5.32 Å². The van der Waals surface area contributed by atoms with Gasteiger partial charge in [0.2, 0.25) is 0 Å². The third kappa shape index (κ3) is 4.23. The van der Waals surface area contributed by atoms with Crippen molar-refractivity contribution in [3.63, 3.8) is 0 Å². The molecule has 21 heavy (non-hydrogen) atoms. The van der Waals surface area contributed by atoms with Crippen LogP contribution in [0.5, 0.6) is 0 Å². The summed E-state index contributed by atoms with van der Waals surface area (Å²) in [6.07, 6.45) is 0.982. The van der Waals surface area contributed by atoms with Crippen LogP contribution >= 0.6 is 34.5 Å². The molecule has 2 unspecified atom stereocenters. The van der Waals surface area contributed by atoms with Gasteiger partial charge in [-0.2, -0.15) is 0 Å². The quantitative estimate of drug-likeness (QED) is 0.632. The van der Waals surface area contributed by atoms with Gasteiger partial charge in [-0.05, 0) is 41.5 Å². The first-order valence-electron chi connectivity index (χ1n) is 7.27. The Morgan fingerprint density at radius 3 is 2.48 bits per heavy atom. The maximum absolute atomic E-state index is 6.37. The van der Waals surface area contributed by atoms with Crippen LogP contribution in [0.3, 0.4) is 0 Å². The Labute approximate surface area is 141 Å². The molecule has 0 radical (unpaired) electrons. The van der Waals surface area contributed by atoms with E-state index in [1.54, 1.807) is 11.3 Å².